The number of hydrogen-bond acceptors (Lipinski definition) is 3. The topological polar surface area (TPSA) is 49.6 Å². The van der Waals surface area contributed by atoms with Crippen LogP contribution in [0.4, 0.5) is 26.3 Å². The van der Waals surface area contributed by atoms with Crippen LogP contribution in [0.15, 0.2) is 12.4 Å². The molecule has 1 atom stereocenters. The van der Waals surface area contributed by atoms with Crippen molar-refractivity contribution in [2.75, 3.05) is 0 Å². The molecule has 0 aliphatic heterocycles. The first kappa shape index (κ1) is 15.5. The molecular formula is C12H9F6N3. The van der Waals surface area contributed by atoms with Crippen molar-refractivity contribution in [3.63, 3.8) is 0 Å². The molecule has 1 fully saturated rings. The second-order valence-corrected chi connectivity index (χ2v) is 5.00. The van der Waals surface area contributed by atoms with Gasteiger partial charge in [0.05, 0.1) is 17.4 Å². The van der Waals surface area contributed by atoms with Crippen molar-refractivity contribution in [2.24, 2.45) is 5.41 Å². The van der Waals surface area contributed by atoms with Crippen LogP contribution >= 0.6 is 0 Å². The zero-order valence-corrected chi connectivity index (χ0v) is 10.5. The normalized spacial score (nSPS) is 18.9. The largest absolute Gasteiger partial charge is 0.451 e. The molecule has 21 heavy (non-hydrogen) atoms. The zero-order chi connectivity index (χ0) is 15.9. The van der Waals surface area contributed by atoms with Gasteiger partial charge in [-0.15, -0.1) is 0 Å². The van der Waals surface area contributed by atoms with Crippen LogP contribution in [-0.2, 0) is 6.18 Å². The molecule has 0 N–H and O–H groups in total. The molecule has 0 amide bonds. The van der Waals surface area contributed by atoms with Gasteiger partial charge in [-0.05, 0) is 19.3 Å². The highest BCUT2D eigenvalue weighted by Gasteiger charge is 2.63. The fraction of sp³-hybridized carbons (Fsp3) is 0.583. The molecular weight excluding hydrogens is 300 g/mol. The van der Waals surface area contributed by atoms with Crippen LogP contribution in [0.25, 0.3) is 0 Å². The summed E-state index contributed by atoms with van der Waals surface area (Å²) in [7, 11) is 0. The van der Waals surface area contributed by atoms with Crippen LogP contribution in [-0.4, -0.2) is 16.1 Å². The second-order valence-electron chi connectivity index (χ2n) is 5.00. The van der Waals surface area contributed by atoms with Gasteiger partial charge in [0.2, 0.25) is 5.82 Å². The Morgan fingerprint density at radius 3 is 2.00 bits per heavy atom. The number of rotatable bonds is 3. The van der Waals surface area contributed by atoms with E-state index in [4.69, 9.17) is 5.26 Å². The van der Waals surface area contributed by atoms with E-state index in [9.17, 15) is 26.3 Å². The number of nitrogens with zero attached hydrogens (tertiary/aromatic N) is 3. The Balaban J connectivity index is 2.18. The maximum absolute atomic E-state index is 12.8. The Morgan fingerprint density at radius 1 is 1.14 bits per heavy atom. The smallest absolute Gasteiger partial charge is 0.233 e. The third-order valence-electron chi connectivity index (χ3n) is 3.53. The number of alkyl halides is 6. The lowest BCUT2D eigenvalue weighted by Crippen LogP contribution is -2.26. The van der Waals surface area contributed by atoms with E-state index in [0.29, 0.717) is 0 Å². The van der Waals surface area contributed by atoms with E-state index in [1.54, 1.807) is 6.07 Å². The van der Waals surface area contributed by atoms with Gasteiger partial charge in [0.1, 0.15) is 0 Å². The molecule has 1 aromatic heterocycles. The Bertz CT molecular complexity index is 550. The summed E-state index contributed by atoms with van der Waals surface area (Å²) in [4.78, 5) is 6.13. The van der Waals surface area contributed by atoms with Crippen LogP contribution in [0.1, 0.15) is 36.6 Å². The van der Waals surface area contributed by atoms with Crippen molar-refractivity contribution in [3.8, 4) is 6.07 Å². The average molecular weight is 309 g/mol. The van der Waals surface area contributed by atoms with Gasteiger partial charge in [-0.25, -0.2) is 9.97 Å². The van der Waals surface area contributed by atoms with Crippen molar-refractivity contribution in [1.29, 1.82) is 5.26 Å². The molecule has 0 spiro atoms. The fourth-order valence-electron chi connectivity index (χ4n) is 2.05. The Hall–Kier alpha value is -1.85. The lowest BCUT2D eigenvalue weighted by molar-refractivity contribution is -0.189. The first-order chi connectivity index (χ1) is 9.59. The highest BCUT2D eigenvalue weighted by molar-refractivity contribution is 5.22. The van der Waals surface area contributed by atoms with E-state index in [1.165, 1.54) is 0 Å². The third-order valence-corrected chi connectivity index (χ3v) is 3.53. The molecule has 1 aliphatic rings. The second kappa shape index (κ2) is 4.86. The van der Waals surface area contributed by atoms with Crippen molar-refractivity contribution in [3.05, 3.63) is 23.8 Å². The maximum Gasteiger partial charge on any atom is 0.451 e. The molecule has 1 saturated carbocycles. The maximum atomic E-state index is 12.8. The van der Waals surface area contributed by atoms with E-state index in [1.807, 2.05) is 0 Å². The number of nitriles is 1. The summed E-state index contributed by atoms with van der Waals surface area (Å²) < 4.78 is 75.4. The number of aromatic nitrogens is 2. The standard InChI is InChI=1S/C12H9F6N3/c13-11(14,15)9-20-5-8(6-21-9)7(4-19)3-10(1-2-10)12(16,17)18/h5-7H,1-3H2. The van der Waals surface area contributed by atoms with Crippen LogP contribution in [0, 0.1) is 16.7 Å². The van der Waals surface area contributed by atoms with Crippen molar-refractivity contribution >= 4 is 0 Å². The van der Waals surface area contributed by atoms with Gasteiger partial charge in [-0.1, -0.05) is 0 Å². The molecule has 0 aromatic carbocycles. The summed E-state index contributed by atoms with van der Waals surface area (Å²) >= 11 is 0. The van der Waals surface area contributed by atoms with Gasteiger partial charge in [0.15, 0.2) is 0 Å². The number of hydrogen-bond donors (Lipinski definition) is 0. The highest BCUT2D eigenvalue weighted by atomic mass is 19.4. The summed E-state index contributed by atoms with van der Waals surface area (Å²) in [6.45, 7) is 0. The Labute approximate surface area is 115 Å². The minimum absolute atomic E-state index is 0.0407. The van der Waals surface area contributed by atoms with E-state index in [0.717, 1.165) is 12.4 Å². The minimum atomic E-state index is -4.73. The predicted octanol–water partition coefficient (Wildman–Crippen LogP) is 3.84. The van der Waals surface area contributed by atoms with Crippen LogP contribution < -0.4 is 0 Å². The van der Waals surface area contributed by atoms with Crippen LogP contribution in [0.2, 0.25) is 0 Å². The summed E-state index contributed by atoms with van der Waals surface area (Å²) in [5.74, 6) is -2.57. The molecule has 3 nitrogen and oxygen atoms in total. The molecule has 1 aliphatic carbocycles. The van der Waals surface area contributed by atoms with E-state index >= 15 is 0 Å². The Kier molecular flexibility index (Phi) is 3.59. The van der Waals surface area contributed by atoms with E-state index < -0.39 is 35.9 Å². The van der Waals surface area contributed by atoms with Crippen LogP contribution in [0.5, 0.6) is 0 Å². The third kappa shape index (κ3) is 3.09. The predicted molar refractivity (Wildman–Crippen MR) is 57.7 cm³/mol. The van der Waals surface area contributed by atoms with Crippen molar-refractivity contribution in [1.82, 2.24) is 9.97 Å². The summed E-state index contributed by atoms with van der Waals surface area (Å²) in [5.41, 5.74) is -1.95. The lowest BCUT2D eigenvalue weighted by Gasteiger charge is -2.21. The molecule has 0 bridgehead atoms. The molecule has 0 saturated heterocycles. The quantitative estimate of drug-likeness (QED) is 0.797. The summed E-state index contributed by atoms with van der Waals surface area (Å²) in [5, 5.41) is 8.97. The number of halogens is 6. The van der Waals surface area contributed by atoms with E-state index in [-0.39, 0.29) is 18.4 Å². The minimum Gasteiger partial charge on any atom is -0.233 e. The molecule has 1 unspecified atom stereocenters. The zero-order valence-electron chi connectivity index (χ0n) is 10.5. The first-order valence-corrected chi connectivity index (χ1v) is 5.94. The van der Waals surface area contributed by atoms with Gasteiger partial charge in [-0.2, -0.15) is 31.6 Å². The lowest BCUT2D eigenvalue weighted by atomic mass is 9.88. The van der Waals surface area contributed by atoms with Gasteiger partial charge in [0, 0.05) is 18.0 Å². The van der Waals surface area contributed by atoms with Gasteiger partial charge < -0.3 is 0 Å². The van der Waals surface area contributed by atoms with Crippen molar-refractivity contribution in [2.45, 2.75) is 37.5 Å². The average Bonchev–Trinajstić information content (AvgIpc) is 3.15. The van der Waals surface area contributed by atoms with Crippen LogP contribution in [0.3, 0.4) is 0 Å². The first-order valence-electron chi connectivity index (χ1n) is 5.94. The van der Waals surface area contributed by atoms with E-state index in [2.05, 4.69) is 9.97 Å². The Morgan fingerprint density at radius 2 is 1.67 bits per heavy atom. The van der Waals surface area contributed by atoms with Gasteiger partial charge >= 0.3 is 12.4 Å². The highest BCUT2D eigenvalue weighted by Crippen LogP contribution is 2.62. The molecule has 114 valence electrons. The summed E-state index contributed by atoms with van der Waals surface area (Å²) in [6.07, 6.45) is -8.26. The van der Waals surface area contributed by atoms with Crippen molar-refractivity contribution < 1.29 is 26.3 Å². The molecule has 1 aromatic rings. The molecule has 2 rings (SSSR count). The molecule has 0 radical (unpaired) electrons. The molecule has 1 heterocycles. The SMILES string of the molecule is N#CC(CC1(C(F)(F)F)CC1)c1cnc(C(F)(F)F)nc1. The van der Waals surface area contributed by atoms with Gasteiger partial charge in [-0.3, -0.25) is 0 Å². The fourth-order valence-corrected chi connectivity index (χ4v) is 2.05. The van der Waals surface area contributed by atoms with Gasteiger partial charge in [0.25, 0.3) is 0 Å². The monoisotopic (exact) mass is 309 g/mol. The molecule has 9 heteroatoms. The summed E-state index contributed by atoms with van der Waals surface area (Å²) in [6, 6.07) is 1.68.